The van der Waals surface area contributed by atoms with Crippen molar-refractivity contribution in [2.24, 2.45) is 5.41 Å². The molecule has 1 aliphatic carbocycles. The van der Waals surface area contributed by atoms with E-state index in [0.717, 1.165) is 32.4 Å². The first-order valence-electron chi connectivity index (χ1n) is 8.72. The van der Waals surface area contributed by atoms with E-state index < -0.39 is 17.9 Å². The van der Waals surface area contributed by atoms with Gasteiger partial charge in [0.2, 0.25) is 5.60 Å². The van der Waals surface area contributed by atoms with Crippen LogP contribution in [0.4, 0.5) is 29.3 Å². The van der Waals surface area contributed by atoms with Gasteiger partial charge in [0.05, 0.1) is 23.7 Å². The van der Waals surface area contributed by atoms with Crippen LogP contribution in [0.3, 0.4) is 0 Å². The lowest BCUT2D eigenvalue weighted by atomic mass is 10.1. The molecule has 0 aromatic heterocycles. The van der Waals surface area contributed by atoms with Crippen LogP contribution in [0.2, 0.25) is 0 Å². The summed E-state index contributed by atoms with van der Waals surface area (Å²) in [5, 5.41) is 10.5. The first-order valence-corrected chi connectivity index (χ1v) is 12.0. The predicted octanol–water partition coefficient (Wildman–Crippen LogP) is 6.08. The minimum Gasteiger partial charge on any atom is -0.489 e. The normalized spacial score (nSPS) is 17.0. The molecule has 0 saturated heterocycles. The van der Waals surface area contributed by atoms with E-state index in [4.69, 9.17) is 10.00 Å². The average molecular weight is 543 g/mol. The van der Waals surface area contributed by atoms with Gasteiger partial charge >= 0.3 is 12.3 Å². The maximum Gasteiger partial charge on any atom is 0.427 e. The van der Waals surface area contributed by atoms with Crippen LogP contribution >= 0.6 is 30.3 Å². The van der Waals surface area contributed by atoms with E-state index in [1.54, 1.807) is 18.2 Å². The molecular formula is C18H21F3IN3O3S. The van der Waals surface area contributed by atoms with Gasteiger partial charge in [-0.1, -0.05) is 0 Å². The van der Waals surface area contributed by atoms with Gasteiger partial charge in [-0.15, -0.1) is 0 Å². The number of benzene rings is 1. The molecule has 1 saturated carbocycles. The van der Waals surface area contributed by atoms with Crippen molar-refractivity contribution < 1.29 is 27.4 Å². The van der Waals surface area contributed by atoms with Gasteiger partial charge < -0.3 is 13.8 Å². The number of anilines is 2. The van der Waals surface area contributed by atoms with Crippen molar-refractivity contribution in [1.29, 1.82) is 5.26 Å². The van der Waals surface area contributed by atoms with E-state index in [1.165, 1.54) is 9.12 Å². The summed E-state index contributed by atoms with van der Waals surface area (Å²) in [4.78, 5) is 11.7. The van der Waals surface area contributed by atoms with Crippen LogP contribution in [-0.2, 0) is 4.74 Å². The zero-order valence-corrected chi connectivity index (χ0v) is 19.1. The maximum atomic E-state index is 12.7. The van der Waals surface area contributed by atoms with E-state index >= 15 is 0 Å². The van der Waals surface area contributed by atoms with Crippen molar-refractivity contribution in [3.8, 4) is 11.8 Å². The molecule has 2 aliphatic rings. The molecule has 0 unspecified atom stereocenters. The van der Waals surface area contributed by atoms with Crippen molar-refractivity contribution in [3.05, 3.63) is 18.2 Å². The highest BCUT2D eigenvalue weighted by Crippen LogP contribution is 2.43. The highest BCUT2D eigenvalue weighted by Gasteiger charge is 2.51. The number of hydrogen-bond acceptors (Lipinski definition) is 6. The maximum absolute atomic E-state index is 12.7. The number of nitrogens with one attached hydrogen (secondary N) is 1. The van der Waals surface area contributed by atoms with Crippen molar-refractivity contribution in [3.63, 3.8) is 0 Å². The molecule has 1 N–H and O–H groups in total. The Kier molecular flexibility index (Phi) is 7.42. The Morgan fingerprint density at radius 3 is 2.55 bits per heavy atom. The molecule has 1 aliphatic heterocycles. The SMILES string of the molecule is CC(C)(OC(=O)Nc1ccc2c(c1)N(SI)CCO2)C(F)(F)F.CC1(C#N)CC1. The van der Waals surface area contributed by atoms with Gasteiger partial charge in [0.25, 0.3) is 0 Å². The number of nitrogens with zero attached hydrogens (tertiary/aromatic N) is 2. The number of alkyl halides is 3. The second-order valence-corrected chi connectivity index (χ2v) is 9.16. The molecule has 1 aromatic rings. The first kappa shape index (κ1) is 23.7. The van der Waals surface area contributed by atoms with E-state index in [1.807, 2.05) is 11.2 Å². The number of rotatable bonds is 3. The molecule has 0 bridgehead atoms. The summed E-state index contributed by atoms with van der Waals surface area (Å²) in [5.41, 5.74) is -1.41. The molecule has 11 heteroatoms. The summed E-state index contributed by atoms with van der Waals surface area (Å²) in [6.07, 6.45) is -3.59. The van der Waals surface area contributed by atoms with Crippen LogP contribution in [0.25, 0.3) is 0 Å². The third kappa shape index (κ3) is 6.47. The third-order valence-electron chi connectivity index (χ3n) is 4.41. The minimum absolute atomic E-state index is 0.0972. The lowest BCUT2D eigenvalue weighted by molar-refractivity contribution is -0.242. The molecule has 29 heavy (non-hydrogen) atoms. The summed E-state index contributed by atoms with van der Waals surface area (Å²) in [5.74, 6) is 0.648. The standard InChI is InChI=1S/C13H14F3IN2O3S.C5H7N/c1-12(2,13(14,15)16)22-11(20)18-8-3-4-10-9(7-8)19(23-17)5-6-21-10;1-5(4-6)2-3-5/h3-4,7H,5-6H2,1-2H3,(H,18,20);2-3H2,1H3. The Morgan fingerprint density at radius 1 is 1.41 bits per heavy atom. The average Bonchev–Trinajstić information content (AvgIpc) is 3.38. The topological polar surface area (TPSA) is 74.6 Å². The molecule has 1 fully saturated rings. The van der Waals surface area contributed by atoms with Gasteiger partial charge in [-0.05, 0) is 51.8 Å². The van der Waals surface area contributed by atoms with E-state index in [0.29, 0.717) is 24.6 Å². The number of nitriles is 1. The third-order valence-corrected chi connectivity index (χ3v) is 6.38. The summed E-state index contributed by atoms with van der Waals surface area (Å²) < 4.78 is 50.1. The van der Waals surface area contributed by atoms with Gasteiger partial charge in [-0.3, -0.25) is 5.32 Å². The number of halogens is 4. The Morgan fingerprint density at radius 2 is 2.07 bits per heavy atom. The lowest BCUT2D eigenvalue weighted by Gasteiger charge is -2.29. The van der Waals surface area contributed by atoms with Crippen LogP contribution in [0.15, 0.2) is 18.2 Å². The number of carbonyl (C=O) groups excluding carboxylic acids is 1. The second kappa shape index (κ2) is 9.07. The van der Waals surface area contributed by atoms with Gasteiger partial charge in [0.1, 0.15) is 12.4 Å². The molecule has 1 amide bonds. The fourth-order valence-electron chi connectivity index (χ4n) is 2.08. The van der Waals surface area contributed by atoms with Crippen LogP contribution < -0.4 is 14.4 Å². The number of hydrogen-bond donors (Lipinski definition) is 1. The molecule has 1 heterocycles. The van der Waals surface area contributed by atoms with Crippen LogP contribution in [0.1, 0.15) is 33.6 Å². The molecule has 6 nitrogen and oxygen atoms in total. The number of fused-ring (bicyclic) bond motifs is 1. The van der Waals surface area contributed by atoms with Crippen molar-refractivity contribution in [2.45, 2.75) is 45.4 Å². The summed E-state index contributed by atoms with van der Waals surface area (Å²) >= 11 is 2.12. The monoisotopic (exact) mass is 543 g/mol. The number of amides is 1. The highest BCUT2D eigenvalue weighted by molar-refractivity contribution is 14.2. The quantitative estimate of drug-likeness (QED) is 0.368. The fraction of sp³-hybridized carbons (Fsp3) is 0.556. The van der Waals surface area contributed by atoms with E-state index in [9.17, 15) is 18.0 Å². The molecule has 0 radical (unpaired) electrons. The fourth-order valence-corrected chi connectivity index (χ4v) is 3.66. The Balaban J connectivity index is 0.000000426. The molecule has 0 spiro atoms. The van der Waals surface area contributed by atoms with E-state index in [-0.39, 0.29) is 5.41 Å². The zero-order chi connectivity index (χ0) is 21.9. The lowest BCUT2D eigenvalue weighted by Crippen LogP contribution is -2.44. The van der Waals surface area contributed by atoms with Crippen molar-refractivity contribution in [2.75, 3.05) is 22.8 Å². The van der Waals surface area contributed by atoms with Crippen LogP contribution in [0, 0.1) is 16.7 Å². The van der Waals surface area contributed by atoms with Crippen LogP contribution in [0.5, 0.6) is 5.75 Å². The summed E-state index contributed by atoms with van der Waals surface area (Å²) in [6.45, 7) is 4.78. The van der Waals surface area contributed by atoms with Gasteiger partial charge in [-0.25, -0.2) is 4.79 Å². The Bertz CT molecular complexity index is 795. The second-order valence-electron chi connectivity index (χ2n) is 7.40. The molecule has 0 atom stereocenters. The Hall–Kier alpha value is -1.55. The number of carbonyl (C=O) groups is 1. The molecule has 160 valence electrons. The van der Waals surface area contributed by atoms with E-state index in [2.05, 4.69) is 37.3 Å². The van der Waals surface area contributed by atoms with Gasteiger partial charge in [0, 0.05) is 36.0 Å². The highest BCUT2D eigenvalue weighted by atomic mass is 127. The predicted molar refractivity (Wildman–Crippen MR) is 114 cm³/mol. The largest absolute Gasteiger partial charge is 0.489 e. The summed E-state index contributed by atoms with van der Waals surface area (Å²) in [6, 6.07) is 7.04. The van der Waals surface area contributed by atoms with Gasteiger partial charge in [0.15, 0.2) is 0 Å². The molecule has 1 aromatic carbocycles. The van der Waals surface area contributed by atoms with Crippen LogP contribution in [-0.4, -0.2) is 31.0 Å². The van der Waals surface area contributed by atoms with Gasteiger partial charge in [-0.2, -0.15) is 18.4 Å². The minimum atomic E-state index is -4.65. The van der Waals surface area contributed by atoms with Crippen molar-refractivity contribution >= 4 is 47.8 Å². The molecule has 3 rings (SSSR count). The Labute approximate surface area is 183 Å². The summed E-state index contributed by atoms with van der Waals surface area (Å²) in [7, 11) is 1.46. The molecular weight excluding hydrogens is 522 g/mol. The zero-order valence-electron chi connectivity index (χ0n) is 16.1. The number of ether oxygens (including phenoxy) is 2. The van der Waals surface area contributed by atoms with Crippen molar-refractivity contribution in [1.82, 2.24) is 0 Å². The first-order chi connectivity index (χ1) is 13.4. The smallest absolute Gasteiger partial charge is 0.427 e.